The first-order valence-corrected chi connectivity index (χ1v) is 50.1. The Morgan fingerprint density at radius 3 is 0.517 bits per heavy atom. The van der Waals surface area contributed by atoms with Crippen molar-refractivity contribution in [3.8, 4) is 0 Å². The summed E-state index contributed by atoms with van der Waals surface area (Å²) in [7, 11) is 0. The number of carbonyl (C=O) groups excluding carboxylic acids is 12. The SMILES string of the molecule is CCCCCCCCO[C@H]1O[C@H](CO[C@H]2O[C@H](CO[C@H]3O[C@H](CO[C@H]4O[C@H](CI)[C@@H](OC(=O)c5ccccc5)[C@H](OC(=O)c5ccccc5)[C@@H]4OC(=O)c4ccccc4)[C@@H](OC(=O)c4ccccc4)[C@H](OC(=O)c4ccccc4)[C@@H]3OC(=O)c3ccccc3)[C@@H](OC(=O)c3ccccc3)[C@H](OC(=O)c3ccccc3)[C@@H]2OC(=O)c2ccccc2)[C@@H](OC(=O)c2ccccc2)[C@H](OC(=O)c2ccccc2)[C@@H]1OC(=O)c1ccccc1. The lowest BCUT2D eigenvalue weighted by Gasteiger charge is -2.48. The summed E-state index contributed by atoms with van der Waals surface area (Å²) in [6.07, 6.45) is -34.5. The van der Waals surface area contributed by atoms with Crippen molar-refractivity contribution < 1.29 is 152 Å². The third-order valence-electron chi connectivity index (χ3n) is 24.6. The zero-order valence-electron chi connectivity index (χ0n) is 80.4. The molecule has 4 saturated heterocycles. The van der Waals surface area contributed by atoms with Crippen LogP contribution in [0.15, 0.2) is 364 Å². The van der Waals surface area contributed by atoms with Crippen molar-refractivity contribution in [2.75, 3.05) is 30.9 Å². The Morgan fingerprint density at radius 2 is 0.336 bits per heavy atom. The van der Waals surface area contributed by atoms with Crippen LogP contribution >= 0.6 is 22.6 Å². The molecule has 4 fully saturated rings. The largest absolute Gasteiger partial charge is 0.452 e. The molecule has 768 valence electrons. The number of hydrogen-bond acceptors (Lipinski definition) is 32. The number of unbranched alkanes of at least 4 members (excludes halogenated alkanes) is 5. The Labute approximate surface area is 871 Å². The summed E-state index contributed by atoms with van der Waals surface area (Å²) >= 11 is 1.96. The van der Waals surface area contributed by atoms with Gasteiger partial charge in [0.05, 0.1) is 86.6 Å². The highest BCUT2D eigenvalue weighted by Crippen LogP contribution is 2.41. The fraction of sp³-hybridized carbons (Fsp3) is 0.276. The second-order valence-corrected chi connectivity index (χ2v) is 35.7. The third-order valence-corrected chi connectivity index (χ3v) is 25.5. The average Bonchev–Trinajstić information content (AvgIpc) is 0.767. The van der Waals surface area contributed by atoms with E-state index in [9.17, 15) is 19.2 Å². The van der Waals surface area contributed by atoms with Gasteiger partial charge >= 0.3 is 71.6 Å². The first-order valence-electron chi connectivity index (χ1n) is 48.6. The number of hydrogen-bond donors (Lipinski definition) is 0. The maximum absolute atomic E-state index is 15.5. The topological polar surface area (TPSA) is 389 Å². The molecule has 0 bridgehead atoms. The van der Waals surface area contributed by atoms with Crippen molar-refractivity contribution in [2.45, 2.75) is 168 Å². The molecule has 0 radical (unpaired) electrons. The predicted molar refractivity (Wildman–Crippen MR) is 538 cm³/mol. The minimum atomic E-state index is -2.27. The normalized spacial score (nSPS) is 23.3. The minimum absolute atomic E-state index is 0.00380. The number of esters is 12. The summed E-state index contributed by atoms with van der Waals surface area (Å²) < 4.78 is 134. The number of rotatable bonds is 42. The standard InChI is InChI=1S/C116H105IO32/c1-2-3-4-5-6-43-68-130-113-97(146-109(126)81-60-35-15-36-61-81)94(143-106(123)78-54-29-12-30-55-78)90(139-102(119)74-46-21-8-22-47-74)86(135-113)70-132-115-99(148-111(128)83-64-39-17-40-65-83)96(145-108(125)80-58-33-14-34-59-80)92(141-104(121)76-50-25-10-26-51-76)88(137-115)72-133-116-100(149-112(129)84-66-41-18-42-67-84)95(144-107(124)79-56-31-13-32-57-79)91(140-103(120)75-48-23-9-24-49-75)87(136-116)71-131-114-98(147-110(127)82-62-37-16-38-63-82)93(142-105(122)77-52-27-11-28-53-77)89(85(69-117)134-114)138-101(118)73-44-19-7-20-45-73/h7-42,44-67,85-100,113-116H,2-6,43,68-72H2,1H3/t85-,86-,87-,88-,89-,90-,91-,92-,93+,94+,95+,96+,97+,98+,99+,100+,113+,114+,115+,116+/m1/s1. The molecule has 4 aliphatic heterocycles. The molecule has 4 aliphatic rings. The van der Waals surface area contributed by atoms with Gasteiger partial charge in [0.25, 0.3) is 0 Å². The molecular formula is C116H105IO32. The Kier molecular flexibility index (Phi) is 38.1. The Bertz CT molecular complexity index is 6400. The molecule has 0 spiro atoms. The van der Waals surface area contributed by atoms with Gasteiger partial charge < -0.3 is 94.7 Å². The van der Waals surface area contributed by atoms with Gasteiger partial charge in [0.2, 0.25) is 0 Å². The van der Waals surface area contributed by atoms with E-state index in [1.165, 1.54) is 218 Å². The van der Waals surface area contributed by atoms with Crippen molar-refractivity contribution in [1.82, 2.24) is 0 Å². The fourth-order valence-electron chi connectivity index (χ4n) is 17.0. The molecule has 12 aromatic carbocycles. The molecule has 4 heterocycles. The number of ether oxygens (including phenoxy) is 20. The van der Waals surface area contributed by atoms with E-state index in [4.69, 9.17) is 94.7 Å². The highest BCUT2D eigenvalue weighted by molar-refractivity contribution is 14.1. The maximum atomic E-state index is 15.5. The zero-order chi connectivity index (χ0) is 104. The summed E-state index contributed by atoms with van der Waals surface area (Å²) in [5.41, 5.74) is -0.574. The molecule has 0 aliphatic carbocycles. The second-order valence-electron chi connectivity index (χ2n) is 34.8. The van der Waals surface area contributed by atoms with Gasteiger partial charge in [0.15, 0.2) is 98.4 Å². The van der Waals surface area contributed by atoms with E-state index >= 15 is 38.4 Å². The average molecular weight is 2140 g/mol. The quantitative estimate of drug-likeness (QED) is 0.0113. The van der Waals surface area contributed by atoms with E-state index in [1.807, 2.05) is 22.6 Å². The molecule has 33 heteroatoms. The molecule has 149 heavy (non-hydrogen) atoms. The van der Waals surface area contributed by atoms with Crippen LogP contribution in [0.5, 0.6) is 0 Å². The molecule has 0 N–H and O–H groups in total. The smallest absolute Gasteiger partial charge is 0.338 e. The molecular weight excluding hydrogens is 2030 g/mol. The van der Waals surface area contributed by atoms with Crippen molar-refractivity contribution in [2.24, 2.45) is 0 Å². The van der Waals surface area contributed by atoms with Crippen LogP contribution in [0.3, 0.4) is 0 Å². The maximum Gasteiger partial charge on any atom is 0.338 e. The molecule has 0 saturated carbocycles. The van der Waals surface area contributed by atoms with Crippen molar-refractivity contribution in [3.05, 3.63) is 431 Å². The zero-order valence-corrected chi connectivity index (χ0v) is 82.6. The summed E-state index contributed by atoms with van der Waals surface area (Å²) in [6, 6.07) is 91.5. The van der Waals surface area contributed by atoms with E-state index in [0.717, 1.165) is 25.7 Å². The van der Waals surface area contributed by atoms with Crippen LogP contribution in [0.25, 0.3) is 0 Å². The van der Waals surface area contributed by atoms with Crippen LogP contribution in [0.2, 0.25) is 0 Å². The van der Waals surface area contributed by atoms with Crippen molar-refractivity contribution in [3.63, 3.8) is 0 Å². The van der Waals surface area contributed by atoms with Gasteiger partial charge in [-0.2, -0.15) is 0 Å². The fourth-order valence-corrected chi connectivity index (χ4v) is 17.7. The van der Waals surface area contributed by atoms with Gasteiger partial charge in [0, 0.05) is 11.0 Å². The second kappa shape index (κ2) is 53.3. The van der Waals surface area contributed by atoms with Crippen LogP contribution in [0.4, 0.5) is 0 Å². The summed E-state index contributed by atoms with van der Waals surface area (Å²) in [5, 5.41) is 0. The van der Waals surface area contributed by atoms with E-state index in [-0.39, 0.29) is 77.8 Å². The van der Waals surface area contributed by atoms with Crippen molar-refractivity contribution >= 4 is 94.2 Å². The Morgan fingerprint density at radius 1 is 0.188 bits per heavy atom. The first kappa shape index (κ1) is 106. The number of benzene rings is 12. The predicted octanol–water partition coefficient (Wildman–Crippen LogP) is 17.5. The van der Waals surface area contributed by atoms with E-state index in [2.05, 4.69) is 6.92 Å². The molecule has 0 aromatic heterocycles. The molecule has 20 atom stereocenters. The van der Waals surface area contributed by atoms with Crippen LogP contribution < -0.4 is 0 Å². The number of carbonyl (C=O) groups is 12. The number of alkyl halides is 1. The molecule has 16 rings (SSSR count). The van der Waals surface area contributed by atoms with E-state index in [0.29, 0.717) is 12.8 Å². The van der Waals surface area contributed by atoms with Gasteiger partial charge in [-0.15, -0.1) is 0 Å². The van der Waals surface area contributed by atoms with Gasteiger partial charge in [0.1, 0.15) is 24.4 Å². The molecule has 0 amide bonds. The molecule has 0 unspecified atom stereocenters. The van der Waals surface area contributed by atoms with Gasteiger partial charge in [-0.05, 0) is 152 Å². The van der Waals surface area contributed by atoms with Crippen LogP contribution in [-0.2, 0) is 94.7 Å². The van der Waals surface area contributed by atoms with Crippen molar-refractivity contribution in [1.29, 1.82) is 0 Å². The lowest BCUT2D eigenvalue weighted by Crippen LogP contribution is -2.66. The third kappa shape index (κ3) is 28.4. The summed E-state index contributed by atoms with van der Waals surface area (Å²) in [5.74, 6) is -12.7. The first-order chi connectivity index (χ1) is 72.8. The van der Waals surface area contributed by atoms with Gasteiger partial charge in [-0.1, -0.05) is 280 Å². The lowest BCUT2D eigenvalue weighted by molar-refractivity contribution is -0.344. The van der Waals surface area contributed by atoms with E-state index in [1.54, 1.807) is 146 Å². The molecule has 12 aromatic rings. The Balaban J connectivity index is 0.847. The van der Waals surface area contributed by atoms with Crippen LogP contribution in [0.1, 0.15) is 170 Å². The van der Waals surface area contributed by atoms with Gasteiger partial charge in [-0.3, -0.25) is 0 Å². The minimum Gasteiger partial charge on any atom is -0.452 e. The monoisotopic (exact) mass is 2140 g/mol. The number of halogens is 1. The van der Waals surface area contributed by atoms with E-state index < -0.39 is 214 Å². The Hall–Kier alpha value is -15.3. The van der Waals surface area contributed by atoms with Crippen LogP contribution in [0, 0.1) is 0 Å². The summed E-state index contributed by atoms with van der Waals surface area (Å²) in [6.45, 7) is -0.992. The highest BCUT2D eigenvalue weighted by atomic mass is 127. The molecule has 32 nitrogen and oxygen atoms in total. The lowest BCUT2D eigenvalue weighted by atomic mass is 9.96. The summed E-state index contributed by atoms with van der Waals surface area (Å²) in [4.78, 5) is 182. The highest BCUT2D eigenvalue weighted by Gasteiger charge is 2.61. The van der Waals surface area contributed by atoms with Gasteiger partial charge in [-0.25, -0.2) is 57.5 Å². The van der Waals surface area contributed by atoms with Crippen LogP contribution in [-0.4, -0.2) is 225 Å².